The molecule has 2 unspecified atom stereocenters. The highest BCUT2D eigenvalue weighted by molar-refractivity contribution is 7.76. The molecule has 8 nitrogen and oxygen atoms in total. The monoisotopic (exact) mass is 383 g/mol. The van der Waals surface area contributed by atoms with E-state index < -0.39 is 29.3 Å². The van der Waals surface area contributed by atoms with Crippen LogP contribution in [0.4, 0.5) is 0 Å². The smallest absolute Gasteiger partial charge is 0.306 e. The first kappa shape index (κ1) is 20.2. The summed E-state index contributed by atoms with van der Waals surface area (Å²) >= 11 is -2.49. The molecule has 2 aliphatic heterocycles. The van der Waals surface area contributed by atoms with Gasteiger partial charge in [0.05, 0.1) is 24.6 Å². The maximum absolute atomic E-state index is 12.5. The van der Waals surface area contributed by atoms with Gasteiger partial charge in [0, 0.05) is 24.4 Å². The lowest BCUT2D eigenvalue weighted by atomic mass is 9.97. The SMILES string of the molecule is C=C/C=C1/OC(CC(=O)N2CCC(C(=O)O)CC2)CN(S(=O)[O-])/C1=C/C. The van der Waals surface area contributed by atoms with Crippen LogP contribution in [0.5, 0.6) is 0 Å². The normalized spacial score (nSPS) is 25.8. The average Bonchev–Trinajstić information content (AvgIpc) is 2.61. The zero-order valence-electron chi connectivity index (χ0n) is 14.6. The lowest BCUT2D eigenvalue weighted by molar-refractivity contribution is -0.146. The quantitative estimate of drug-likeness (QED) is 0.714. The van der Waals surface area contributed by atoms with Gasteiger partial charge in [-0.3, -0.25) is 18.1 Å². The summed E-state index contributed by atoms with van der Waals surface area (Å²) in [5, 5.41) is 9.03. The fourth-order valence-electron chi connectivity index (χ4n) is 3.15. The Bertz CT molecular complexity index is 652. The van der Waals surface area contributed by atoms with E-state index in [1.807, 2.05) is 0 Å². The average molecular weight is 383 g/mol. The number of hydrogen-bond acceptors (Lipinski definition) is 5. The number of aliphatic carboxylic acids is 1. The van der Waals surface area contributed by atoms with Crippen molar-refractivity contribution in [3.63, 3.8) is 0 Å². The second-order valence-electron chi connectivity index (χ2n) is 6.16. The molecule has 2 rings (SSSR count). The third-order valence-corrected chi connectivity index (χ3v) is 5.21. The van der Waals surface area contributed by atoms with Crippen LogP contribution in [0, 0.1) is 5.92 Å². The topological polar surface area (TPSA) is 110 Å². The Labute approximate surface area is 155 Å². The summed E-state index contributed by atoms with van der Waals surface area (Å²) in [5.41, 5.74) is 0.407. The number of nitrogens with zero attached hydrogens (tertiary/aromatic N) is 2. The van der Waals surface area contributed by atoms with E-state index in [-0.39, 0.29) is 18.9 Å². The number of ether oxygens (including phenoxy) is 1. The van der Waals surface area contributed by atoms with Crippen LogP contribution < -0.4 is 0 Å². The molecule has 26 heavy (non-hydrogen) atoms. The van der Waals surface area contributed by atoms with Crippen LogP contribution in [0.25, 0.3) is 0 Å². The largest absolute Gasteiger partial charge is 0.755 e. The number of allylic oxidation sites excluding steroid dienone is 3. The van der Waals surface area contributed by atoms with Gasteiger partial charge in [-0.1, -0.05) is 18.7 Å². The third-order valence-electron chi connectivity index (χ3n) is 4.51. The summed E-state index contributed by atoms with van der Waals surface area (Å²) in [7, 11) is 0. The van der Waals surface area contributed by atoms with Gasteiger partial charge in [0.15, 0.2) is 0 Å². The highest BCUT2D eigenvalue weighted by Gasteiger charge is 2.33. The lowest BCUT2D eigenvalue weighted by Gasteiger charge is -2.39. The molecule has 1 N–H and O–H groups in total. The summed E-state index contributed by atoms with van der Waals surface area (Å²) in [4.78, 5) is 25.1. The number of piperidine rings is 1. The molecule has 2 atom stereocenters. The van der Waals surface area contributed by atoms with E-state index in [0.29, 0.717) is 37.4 Å². The Hall–Kier alpha value is -2.13. The van der Waals surface area contributed by atoms with Gasteiger partial charge in [-0.15, -0.1) is 0 Å². The molecule has 2 saturated heterocycles. The second-order valence-corrected chi connectivity index (χ2v) is 7.03. The Morgan fingerprint density at radius 3 is 2.58 bits per heavy atom. The van der Waals surface area contributed by atoms with Crippen LogP contribution in [0.3, 0.4) is 0 Å². The minimum atomic E-state index is -2.49. The van der Waals surface area contributed by atoms with Crippen molar-refractivity contribution in [1.82, 2.24) is 9.21 Å². The van der Waals surface area contributed by atoms with Crippen LogP contribution >= 0.6 is 0 Å². The van der Waals surface area contributed by atoms with E-state index in [4.69, 9.17) is 9.84 Å². The number of morpholine rings is 1. The number of likely N-dealkylation sites (tertiary alicyclic amines) is 1. The minimum absolute atomic E-state index is 0.0247. The third kappa shape index (κ3) is 4.73. The molecule has 0 aliphatic carbocycles. The molecule has 2 fully saturated rings. The van der Waals surface area contributed by atoms with E-state index >= 15 is 0 Å². The molecule has 144 valence electrons. The number of rotatable bonds is 5. The van der Waals surface area contributed by atoms with E-state index in [2.05, 4.69) is 6.58 Å². The van der Waals surface area contributed by atoms with E-state index in [9.17, 15) is 18.4 Å². The van der Waals surface area contributed by atoms with Crippen molar-refractivity contribution in [3.8, 4) is 0 Å². The predicted octanol–water partition coefficient (Wildman–Crippen LogP) is 1.17. The fourth-order valence-corrected chi connectivity index (χ4v) is 3.79. The van der Waals surface area contributed by atoms with Gasteiger partial charge in [0.2, 0.25) is 5.91 Å². The van der Waals surface area contributed by atoms with E-state index in [1.54, 1.807) is 24.0 Å². The molecule has 9 heteroatoms. The molecule has 2 heterocycles. The Morgan fingerprint density at radius 1 is 1.42 bits per heavy atom. The van der Waals surface area contributed by atoms with Crippen LogP contribution in [0.2, 0.25) is 0 Å². The standard InChI is InChI=1S/C17H24N2O6S/c1-3-5-15-14(4-2)19(26(23)24)11-13(25-15)10-16(20)18-8-6-12(7-9-18)17(21)22/h3-5,12-13H,1,6-11H2,2H3,(H,21,22)(H,23,24)/p-1/b14-4+,15-5+. The number of carbonyl (C=O) groups is 2. The van der Waals surface area contributed by atoms with Crippen LogP contribution in [0.15, 0.2) is 36.3 Å². The van der Waals surface area contributed by atoms with Crippen LogP contribution in [-0.4, -0.2) is 60.7 Å². The van der Waals surface area contributed by atoms with E-state index in [1.165, 1.54) is 6.08 Å². The van der Waals surface area contributed by atoms with Gasteiger partial charge in [-0.05, 0) is 25.8 Å². The highest BCUT2D eigenvalue weighted by atomic mass is 32.2. The first-order chi connectivity index (χ1) is 12.4. The molecule has 0 aromatic carbocycles. The van der Waals surface area contributed by atoms with Gasteiger partial charge in [0.25, 0.3) is 0 Å². The first-order valence-corrected chi connectivity index (χ1v) is 9.44. The molecule has 2 aliphatic rings. The zero-order chi connectivity index (χ0) is 19.3. The van der Waals surface area contributed by atoms with Crippen molar-refractivity contribution < 1.29 is 28.2 Å². The number of amides is 1. The molecule has 1 amide bonds. The van der Waals surface area contributed by atoms with Crippen molar-refractivity contribution in [2.24, 2.45) is 5.92 Å². The summed E-state index contributed by atoms with van der Waals surface area (Å²) in [6.45, 7) is 6.11. The van der Waals surface area contributed by atoms with Gasteiger partial charge in [-0.2, -0.15) is 0 Å². The van der Waals surface area contributed by atoms with Crippen molar-refractivity contribution >= 4 is 23.1 Å². The highest BCUT2D eigenvalue weighted by Crippen LogP contribution is 2.28. The van der Waals surface area contributed by atoms with Gasteiger partial charge < -0.3 is 19.3 Å². The Morgan fingerprint density at radius 2 is 2.08 bits per heavy atom. The van der Waals surface area contributed by atoms with Crippen molar-refractivity contribution in [1.29, 1.82) is 0 Å². The maximum Gasteiger partial charge on any atom is 0.306 e. The van der Waals surface area contributed by atoms with Crippen LogP contribution in [0.1, 0.15) is 26.2 Å². The van der Waals surface area contributed by atoms with Crippen LogP contribution in [-0.2, 0) is 25.6 Å². The Kier molecular flexibility index (Phi) is 6.98. The molecule has 0 saturated carbocycles. The molecule has 0 bridgehead atoms. The summed E-state index contributed by atoms with van der Waals surface area (Å²) in [6, 6.07) is 0. The van der Waals surface area contributed by atoms with Gasteiger partial charge in [0.1, 0.15) is 11.9 Å². The van der Waals surface area contributed by atoms with E-state index in [0.717, 1.165) is 4.31 Å². The summed E-state index contributed by atoms with van der Waals surface area (Å²) in [6.07, 6.45) is 4.93. The molecule has 0 aromatic heterocycles. The molecule has 0 spiro atoms. The Balaban J connectivity index is 2.03. The summed E-state index contributed by atoms with van der Waals surface area (Å²) in [5.74, 6) is -1.07. The maximum atomic E-state index is 12.5. The number of hydrogen-bond donors (Lipinski definition) is 1. The molecule has 0 radical (unpaired) electrons. The number of carbonyl (C=O) groups excluding carboxylic acids is 1. The fraction of sp³-hybridized carbons (Fsp3) is 0.529. The van der Waals surface area contributed by atoms with Gasteiger partial charge in [-0.25, -0.2) is 0 Å². The molecular formula is C17H23N2O6S-. The van der Waals surface area contributed by atoms with Crippen molar-refractivity contribution in [2.45, 2.75) is 32.3 Å². The van der Waals surface area contributed by atoms with Crippen molar-refractivity contribution in [3.05, 3.63) is 36.3 Å². The first-order valence-electron chi connectivity index (χ1n) is 8.40. The molecular weight excluding hydrogens is 360 g/mol. The number of carboxylic acid groups (broad SMARTS) is 1. The minimum Gasteiger partial charge on any atom is -0.755 e. The molecule has 0 aromatic rings. The second kappa shape index (κ2) is 9.00. The van der Waals surface area contributed by atoms with Crippen molar-refractivity contribution in [2.75, 3.05) is 19.6 Å². The lowest BCUT2D eigenvalue weighted by Crippen LogP contribution is -2.45. The zero-order valence-corrected chi connectivity index (χ0v) is 15.4. The number of carboxylic acids is 1. The predicted molar refractivity (Wildman–Crippen MR) is 94.1 cm³/mol. The van der Waals surface area contributed by atoms with Gasteiger partial charge >= 0.3 is 5.97 Å². The summed E-state index contributed by atoms with van der Waals surface area (Å²) < 4.78 is 30.0.